The van der Waals surface area contributed by atoms with Crippen molar-refractivity contribution in [1.29, 1.82) is 0 Å². The summed E-state index contributed by atoms with van der Waals surface area (Å²) in [6.45, 7) is -0.306. The van der Waals surface area contributed by atoms with Crippen molar-refractivity contribution in [3.05, 3.63) is 105 Å². The molecule has 1 unspecified atom stereocenters. The van der Waals surface area contributed by atoms with E-state index in [-0.39, 0.29) is 12.5 Å². The van der Waals surface area contributed by atoms with Crippen molar-refractivity contribution in [2.24, 2.45) is 0 Å². The molecule has 1 atom stereocenters. The fourth-order valence-corrected chi connectivity index (χ4v) is 4.59. The summed E-state index contributed by atoms with van der Waals surface area (Å²) in [5.74, 6) is -1.32. The monoisotopic (exact) mass is 512 g/mol. The van der Waals surface area contributed by atoms with Gasteiger partial charge in [0.05, 0.1) is 11.4 Å². The molecule has 3 amide bonds. The molecular formula is C24H18Cl2N4O3S. The van der Waals surface area contributed by atoms with Gasteiger partial charge < -0.3 is 5.32 Å². The van der Waals surface area contributed by atoms with E-state index in [0.29, 0.717) is 20.5 Å². The van der Waals surface area contributed by atoms with Gasteiger partial charge in [-0.05, 0) is 53.6 Å². The lowest BCUT2D eigenvalue weighted by molar-refractivity contribution is -0.137. The van der Waals surface area contributed by atoms with Crippen molar-refractivity contribution < 1.29 is 14.4 Å². The zero-order chi connectivity index (χ0) is 24.1. The quantitative estimate of drug-likeness (QED) is 0.475. The van der Waals surface area contributed by atoms with Crippen LogP contribution >= 0.6 is 35.0 Å². The summed E-state index contributed by atoms with van der Waals surface area (Å²) < 4.78 is 0. The molecule has 0 aliphatic carbocycles. The lowest BCUT2D eigenvalue weighted by atomic mass is 10.2. The largest absolute Gasteiger partial charge is 0.343 e. The number of carbonyl (C=O) groups is 3. The molecule has 1 aliphatic heterocycles. The van der Waals surface area contributed by atoms with Crippen LogP contribution in [-0.4, -0.2) is 34.3 Å². The highest BCUT2D eigenvalue weighted by molar-refractivity contribution is 8.04. The third-order valence-electron chi connectivity index (χ3n) is 4.82. The van der Waals surface area contributed by atoms with Gasteiger partial charge in [0.15, 0.2) is 0 Å². The van der Waals surface area contributed by atoms with Gasteiger partial charge >= 0.3 is 0 Å². The minimum atomic E-state index is -0.539. The molecule has 1 fully saturated rings. The normalized spacial score (nSPS) is 16.5. The number of rotatable bonds is 6. The first-order valence-corrected chi connectivity index (χ1v) is 11.7. The average Bonchev–Trinajstić information content (AvgIpc) is 3.15. The van der Waals surface area contributed by atoms with Gasteiger partial charge in [0.25, 0.3) is 17.7 Å². The number of pyridine rings is 1. The van der Waals surface area contributed by atoms with Crippen LogP contribution in [0.15, 0.2) is 78.0 Å². The zero-order valence-corrected chi connectivity index (χ0v) is 19.9. The molecule has 0 saturated carbocycles. The van der Waals surface area contributed by atoms with Crippen LogP contribution in [0.25, 0.3) is 6.08 Å². The molecule has 10 heteroatoms. The van der Waals surface area contributed by atoms with E-state index >= 15 is 0 Å². The second kappa shape index (κ2) is 10.7. The summed E-state index contributed by atoms with van der Waals surface area (Å²) >= 11 is 13.3. The third kappa shape index (κ3) is 5.77. The molecule has 172 valence electrons. The molecule has 0 bridgehead atoms. The Hall–Kier alpha value is -3.33. The Morgan fingerprint density at radius 2 is 1.59 bits per heavy atom. The van der Waals surface area contributed by atoms with Crippen LogP contribution in [0.2, 0.25) is 10.0 Å². The minimum absolute atomic E-state index is 0.306. The van der Waals surface area contributed by atoms with Gasteiger partial charge in [-0.3, -0.25) is 24.8 Å². The smallest absolute Gasteiger partial charge is 0.280 e. The van der Waals surface area contributed by atoms with Crippen molar-refractivity contribution in [1.82, 2.24) is 20.7 Å². The van der Waals surface area contributed by atoms with Crippen molar-refractivity contribution in [2.75, 3.05) is 6.54 Å². The molecular weight excluding hydrogens is 495 g/mol. The number of halogens is 2. The van der Waals surface area contributed by atoms with E-state index in [0.717, 1.165) is 11.1 Å². The number of carbonyl (C=O) groups excluding carboxylic acids is 3. The van der Waals surface area contributed by atoms with E-state index < -0.39 is 17.2 Å². The molecule has 2 aromatic carbocycles. The van der Waals surface area contributed by atoms with E-state index in [2.05, 4.69) is 15.7 Å². The van der Waals surface area contributed by atoms with Crippen LogP contribution in [0.5, 0.6) is 0 Å². The number of hydrogen-bond acceptors (Lipinski definition) is 5. The van der Waals surface area contributed by atoms with Crippen LogP contribution in [-0.2, 0) is 9.59 Å². The number of aromatic nitrogens is 1. The molecule has 1 aliphatic rings. The van der Waals surface area contributed by atoms with Gasteiger partial charge in [-0.1, -0.05) is 59.2 Å². The predicted molar refractivity (Wildman–Crippen MR) is 133 cm³/mol. The lowest BCUT2D eigenvalue weighted by Gasteiger charge is -2.24. The maximum Gasteiger partial charge on any atom is 0.280 e. The Labute approximate surface area is 210 Å². The summed E-state index contributed by atoms with van der Waals surface area (Å²) in [5.41, 5.74) is 4.58. The second-order valence-corrected chi connectivity index (χ2v) is 9.21. The highest BCUT2D eigenvalue weighted by Gasteiger charge is 2.38. The maximum absolute atomic E-state index is 13.2. The Bertz CT molecular complexity index is 1240. The Balaban J connectivity index is 1.51. The minimum Gasteiger partial charge on any atom is -0.343 e. The Morgan fingerprint density at radius 3 is 2.24 bits per heavy atom. The van der Waals surface area contributed by atoms with Gasteiger partial charge in [0.1, 0.15) is 5.37 Å². The first kappa shape index (κ1) is 23.8. The van der Waals surface area contributed by atoms with E-state index in [4.69, 9.17) is 23.2 Å². The fourth-order valence-electron chi connectivity index (χ4n) is 3.15. The molecule has 1 aromatic heterocycles. The van der Waals surface area contributed by atoms with E-state index in [1.54, 1.807) is 54.6 Å². The van der Waals surface area contributed by atoms with Gasteiger partial charge in [0, 0.05) is 28.0 Å². The summed E-state index contributed by atoms with van der Waals surface area (Å²) in [6.07, 6.45) is 4.71. The van der Waals surface area contributed by atoms with Crippen molar-refractivity contribution in [2.45, 2.75) is 5.37 Å². The molecule has 4 rings (SSSR count). The van der Waals surface area contributed by atoms with Crippen LogP contribution in [0.4, 0.5) is 0 Å². The second-order valence-electron chi connectivity index (χ2n) is 7.21. The van der Waals surface area contributed by atoms with Gasteiger partial charge in [-0.25, -0.2) is 5.01 Å². The van der Waals surface area contributed by atoms with Crippen LogP contribution in [0.1, 0.15) is 26.9 Å². The fraction of sp³-hybridized carbons (Fsp3) is 0.0833. The average molecular weight is 513 g/mol. The standard InChI is InChI=1S/C24H18Cl2N4O3S/c25-18-5-1-15(2-6-18)13-20-23(33)30(24(34-20)17-3-7-19(26)8-4-17)29-21(31)14-28-22(32)16-9-11-27-12-10-16/h1-13,24H,14H2,(H,28,32)(H,29,31)/b20-13-. The number of benzene rings is 2. The first-order valence-electron chi connectivity index (χ1n) is 10.1. The van der Waals surface area contributed by atoms with Crippen molar-refractivity contribution in [3.63, 3.8) is 0 Å². The lowest BCUT2D eigenvalue weighted by Crippen LogP contribution is -2.48. The Kier molecular flexibility index (Phi) is 7.52. The summed E-state index contributed by atoms with van der Waals surface area (Å²) in [6, 6.07) is 17.2. The summed E-state index contributed by atoms with van der Waals surface area (Å²) in [4.78, 5) is 42.3. The van der Waals surface area contributed by atoms with Crippen LogP contribution in [0.3, 0.4) is 0 Å². The van der Waals surface area contributed by atoms with Gasteiger partial charge in [-0.2, -0.15) is 0 Å². The van der Waals surface area contributed by atoms with E-state index in [9.17, 15) is 14.4 Å². The van der Waals surface area contributed by atoms with E-state index in [1.807, 2.05) is 0 Å². The zero-order valence-electron chi connectivity index (χ0n) is 17.6. The number of hydrogen-bond donors (Lipinski definition) is 2. The van der Waals surface area contributed by atoms with Crippen LogP contribution < -0.4 is 10.7 Å². The number of nitrogens with one attached hydrogen (secondary N) is 2. The number of thioether (sulfide) groups is 1. The summed E-state index contributed by atoms with van der Waals surface area (Å²) in [5, 5.41) is 4.44. The predicted octanol–water partition coefficient (Wildman–Crippen LogP) is 4.46. The number of hydrazine groups is 1. The molecule has 34 heavy (non-hydrogen) atoms. The van der Waals surface area contributed by atoms with Crippen molar-refractivity contribution >= 4 is 58.8 Å². The highest BCUT2D eigenvalue weighted by atomic mass is 35.5. The number of amides is 3. The molecule has 0 radical (unpaired) electrons. The highest BCUT2D eigenvalue weighted by Crippen LogP contribution is 2.45. The SMILES string of the molecule is O=C(CNC(=O)c1ccncc1)NN1C(=O)/C(=C/c2ccc(Cl)cc2)SC1c1ccc(Cl)cc1. The van der Waals surface area contributed by atoms with E-state index in [1.165, 1.54) is 41.3 Å². The molecule has 3 aromatic rings. The van der Waals surface area contributed by atoms with Gasteiger partial charge in [-0.15, -0.1) is 0 Å². The van der Waals surface area contributed by atoms with Crippen molar-refractivity contribution in [3.8, 4) is 0 Å². The topological polar surface area (TPSA) is 91.4 Å². The maximum atomic E-state index is 13.2. The first-order chi connectivity index (χ1) is 16.4. The number of nitrogens with zero attached hydrogens (tertiary/aromatic N) is 2. The molecule has 7 nitrogen and oxygen atoms in total. The third-order valence-corrected chi connectivity index (χ3v) is 6.58. The Morgan fingerprint density at radius 1 is 0.971 bits per heavy atom. The summed E-state index contributed by atoms with van der Waals surface area (Å²) in [7, 11) is 0. The molecule has 2 N–H and O–H groups in total. The molecule has 0 spiro atoms. The molecule has 1 saturated heterocycles. The molecule has 2 heterocycles. The van der Waals surface area contributed by atoms with Crippen LogP contribution in [0, 0.1) is 0 Å². The van der Waals surface area contributed by atoms with Gasteiger partial charge in [0.2, 0.25) is 0 Å².